The van der Waals surface area contributed by atoms with Crippen molar-refractivity contribution in [3.8, 4) is 22.9 Å². The monoisotopic (exact) mass is 577 g/mol. The molecule has 2 atom stereocenters. The molecule has 0 bridgehead atoms. The molecular weight excluding hydrogens is 541 g/mol. The number of nitrogens with zero attached hydrogens (tertiary/aromatic N) is 3. The summed E-state index contributed by atoms with van der Waals surface area (Å²) in [4.78, 5) is 13.6. The summed E-state index contributed by atoms with van der Waals surface area (Å²) < 4.78 is 47.4. The van der Waals surface area contributed by atoms with Gasteiger partial charge < -0.3 is 15.4 Å². The largest absolute Gasteiger partial charge is 0.437 e. The van der Waals surface area contributed by atoms with Gasteiger partial charge in [0.05, 0.1) is 22.8 Å². The Balaban J connectivity index is 1.49. The number of hydrogen-bond donors (Lipinski definition) is 2. The molecule has 3 heterocycles. The Hall–Kier alpha value is -3.63. The average molecular weight is 578 g/mol. The zero-order valence-electron chi connectivity index (χ0n) is 23.7. The van der Waals surface area contributed by atoms with Gasteiger partial charge in [-0.25, -0.2) is 27.8 Å². The van der Waals surface area contributed by atoms with Gasteiger partial charge in [-0.2, -0.15) is 0 Å². The number of ether oxygens (including phenoxy) is 1. The molecule has 0 spiro atoms. The number of rotatable bonds is 10. The van der Waals surface area contributed by atoms with Crippen molar-refractivity contribution in [3.63, 3.8) is 0 Å². The maximum atomic E-state index is 15.1. The quantitative estimate of drug-likeness (QED) is 0.234. The highest BCUT2D eigenvalue weighted by molar-refractivity contribution is 7.90. The third-order valence-corrected chi connectivity index (χ3v) is 9.34. The van der Waals surface area contributed by atoms with E-state index in [4.69, 9.17) is 9.72 Å². The zero-order chi connectivity index (χ0) is 29.0. The summed E-state index contributed by atoms with van der Waals surface area (Å²) in [6.45, 7) is 7.61. The van der Waals surface area contributed by atoms with Crippen LogP contribution in [0.1, 0.15) is 44.2 Å². The number of anilines is 1. The van der Waals surface area contributed by atoms with Crippen molar-refractivity contribution in [1.82, 2.24) is 20.3 Å². The topological polar surface area (TPSA) is 106 Å². The molecule has 1 saturated heterocycles. The van der Waals surface area contributed by atoms with Gasteiger partial charge in [-0.15, -0.1) is 0 Å². The molecular formula is C31H36FN5O3S. The summed E-state index contributed by atoms with van der Waals surface area (Å²) in [6.07, 6.45) is 6.22. The van der Waals surface area contributed by atoms with Gasteiger partial charge in [-0.05, 0) is 73.5 Å². The van der Waals surface area contributed by atoms with Crippen LogP contribution in [0.5, 0.6) is 11.6 Å². The minimum Gasteiger partial charge on any atom is -0.437 e. The highest BCUT2D eigenvalue weighted by Gasteiger charge is 2.22. The second kappa shape index (κ2) is 12.5. The van der Waals surface area contributed by atoms with Gasteiger partial charge in [0.2, 0.25) is 11.8 Å². The number of fused-ring (bicyclic) bond motifs is 1. The maximum Gasteiger partial charge on any atom is 0.228 e. The molecule has 1 unspecified atom stereocenters. The summed E-state index contributed by atoms with van der Waals surface area (Å²) in [5.74, 6) is 0.452. The molecule has 216 valence electrons. The lowest BCUT2D eigenvalue weighted by molar-refractivity contribution is 0.466. The third kappa shape index (κ3) is 6.82. The molecule has 1 aliphatic heterocycles. The number of hydrogen-bond acceptors (Lipinski definition) is 8. The second-order valence-corrected chi connectivity index (χ2v) is 12.9. The van der Waals surface area contributed by atoms with Crippen LogP contribution in [0.25, 0.3) is 22.0 Å². The normalized spacial score (nSPS) is 16.4. The fourth-order valence-corrected chi connectivity index (χ4v) is 7.09. The van der Waals surface area contributed by atoms with Crippen molar-refractivity contribution in [3.05, 3.63) is 71.8 Å². The third-order valence-electron chi connectivity index (χ3n) is 7.53. The Morgan fingerprint density at radius 1 is 1.12 bits per heavy atom. The Morgan fingerprint density at radius 3 is 2.73 bits per heavy atom. The first-order valence-corrected chi connectivity index (χ1v) is 15.9. The van der Waals surface area contributed by atoms with Crippen LogP contribution in [-0.4, -0.2) is 48.3 Å². The van der Waals surface area contributed by atoms with Crippen molar-refractivity contribution in [2.45, 2.75) is 51.8 Å². The number of benzene rings is 2. The molecule has 0 radical (unpaired) electrons. The Labute approximate surface area is 240 Å². The smallest absolute Gasteiger partial charge is 0.228 e. The van der Waals surface area contributed by atoms with Gasteiger partial charge in [0, 0.05) is 35.9 Å². The number of halogens is 1. The Kier molecular flexibility index (Phi) is 8.79. The molecule has 41 heavy (non-hydrogen) atoms. The fraction of sp³-hybridized carbons (Fsp3) is 0.387. The molecule has 0 saturated carbocycles. The van der Waals surface area contributed by atoms with Crippen molar-refractivity contribution < 1.29 is 17.5 Å². The van der Waals surface area contributed by atoms with Crippen molar-refractivity contribution in [2.75, 3.05) is 24.2 Å². The highest BCUT2D eigenvalue weighted by atomic mass is 32.2. The van der Waals surface area contributed by atoms with Crippen LogP contribution in [0, 0.1) is 18.7 Å². The standard InChI is InChI=1S/C31H36FN5O3S/c1-4-20(2)18-41(38,39)19-26-23-10-9-21(3)29(24(23)11-12-27(26)32)40-30-25(8-6-15-34-30)28-13-16-35-31(37-28)36-22-7-5-14-33-17-22/h6,8-13,15-16,20,22,33H,4-5,7,14,17-19H2,1-3H3,(H,35,36,37)/t20?,22-/m0/s1. The molecule has 2 aromatic heterocycles. The van der Waals surface area contributed by atoms with E-state index >= 15 is 4.39 Å². The van der Waals surface area contributed by atoms with E-state index in [2.05, 4.69) is 20.6 Å². The van der Waals surface area contributed by atoms with E-state index in [0.29, 0.717) is 39.6 Å². The predicted octanol–water partition coefficient (Wildman–Crippen LogP) is 6.06. The Bertz CT molecular complexity index is 1640. The molecule has 10 heteroatoms. The van der Waals surface area contributed by atoms with E-state index in [0.717, 1.165) is 37.9 Å². The second-order valence-electron chi connectivity index (χ2n) is 10.8. The molecule has 8 nitrogen and oxygen atoms in total. The number of pyridine rings is 1. The molecule has 4 aromatic rings. The minimum absolute atomic E-state index is 0.00130. The molecule has 0 amide bonds. The van der Waals surface area contributed by atoms with Crippen LogP contribution in [-0.2, 0) is 15.6 Å². The molecule has 1 fully saturated rings. The van der Waals surface area contributed by atoms with E-state index in [1.807, 2.05) is 39.0 Å². The number of aryl methyl sites for hydroxylation is 1. The number of nitrogens with one attached hydrogen (secondary N) is 2. The van der Waals surface area contributed by atoms with Crippen LogP contribution < -0.4 is 15.4 Å². The summed E-state index contributed by atoms with van der Waals surface area (Å²) in [6, 6.07) is 12.3. The lowest BCUT2D eigenvalue weighted by atomic mass is 10.0. The highest BCUT2D eigenvalue weighted by Crippen LogP contribution is 2.38. The summed E-state index contributed by atoms with van der Waals surface area (Å²) in [7, 11) is -3.52. The van der Waals surface area contributed by atoms with Gasteiger partial charge in [0.25, 0.3) is 0 Å². The minimum atomic E-state index is -3.52. The summed E-state index contributed by atoms with van der Waals surface area (Å²) in [5.41, 5.74) is 2.29. The van der Waals surface area contributed by atoms with Crippen LogP contribution >= 0.6 is 0 Å². The van der Waals surface area contributed by atoms with Crippen molar-refractivity contribution >= 4 is 26.6 Å². The van der Waals surface area contributed by atoms with E-state index in [9.17, 15) is 8.42 Å². The first-order chi connectivity index (χ1) is 19.7. The SMILES string of the molecule is CCC(C)CS(=O)(=O)Cc1c(F)ccc2c(Oc3ncccc3-c3ccnc(N[C@H]4CCCNC4)n3)c(C)ccc12. The van der Waals surface area contributed by atoms with Crippen LogP contribution in [0.3, 0.4) is 0 Å². The van der Waals surface area contributed by atoms with E-state index < -0.39 is 15.7 Å². The van der Waals surface area contributed by atoms with Crippen LogP contribution in [0.2, 0.25) is 0 Å². The number of aromatic nitrogens is 3. The fourth-order valence-electron chi connectivity index (χ4n) is 5.13. The molecule has 0 aliphatic carbocycles. The Morgan fingerprint density at radius 2 is 1.95 bits per heavy atom. The van der Waals surface area contributed by atoms with Gasteiger partial charge in [0.15, 0.2) is 9.84 Å². The van der Waals surface area contributed by atoms with Crippen molar-refractivity contribution in [1.29, 1.82) is 0 Å². The lowest BCUT2D eigenvalue weighted by Gasteiger charge is -2.23. The lowest BCUT2D eigenvalue weighted by Crippen LogP contribution is -2.38. The first-order valence-electron chi connectivity index (χ1n) is 14.1. The van der Waals surface area contributed by atoms with Gasteiger partial charge in [-0.3, -0.25) is 0 Å². The first kappa shape index (κ1) is 28.9. The molecule has 2 N–H and O–H groups in total. The van der Waals surface area contributed by atoms with E-state index in [-0.39, 0.29) is 29.0 Å². The van der Waals surface area contributed by atoms with Gasteiger partial charge in [-0.1, -0.05) is 32.4 Å². The summed E-state index contributed by atoms with van der Waals surface area (Å²) in [5, 5.41) is 7.91. The number of sulfone groups is 1. The van der Waals surface area contributed by atoms with Crippen molar-refractivity contribution in [2.24, 2.45) is 5.92 Å². The van der Waals surface area contributed by atoms with Crippen LogP contribution in [0.15, 0.2) is 54.9 Å². The van der Waals surface area contributed by atoms with Gasteiger partial charge in [0.1, 0.15) is 11.6 Å². The molecule has 2 aromatic carbocycles. The van der Waals surface area contributed by atoms with E-state index in [1.54, 1.807) is 30.6 Å². The summed E-state index contributed by atoms with van der Waals surface area (Å²) >= 11 is 0. The van der Waals surface area contributed by atoms with Gasteiger partial charge >= 0.3 is 0 Å². The van der Waals surface area contributed by atoms with Crippen LogP contribution in [0.4, 0.5) is 10.3 Å². The number of piperidine rings is 1. The van der Waals surface area contributed by atoms with E-state index in [1.165, 1.54) is 6.07 Å². The molecule has 1 aliphatic rings. The molecule has 5 rings (SSSR count). The maximum absolute atomic E-state index is 15.1. The zero-order valence-corrected chi connectivity index (χ0v) is 24.5. The average Bonchev–Trinajstić information content (AvgIpc) is 2.96. The predicted molar refractivity (Wildman–Crippen MR) is 160 cm³/mol.